The Kier molecular flexibility index (Phi) is 2.73. The van der Waals surface area contributed by atoms with Crippen LogP contribution in [0.2, 0.25) is 0 Å². The molecule has 2 unspecified atom stereocenters. The third-order valence-electron chi connectivity index (χ3n) is 3.60. The molecule has 1 aromatic carbocycles. The maximum Gasteiger partial charge on any atom is 0.415 e. The molecule has 1 N–H and O–H groups in total. The van der Waals surface area contributed by atoms with Crippen LogP contribution in [0.3, 0.4) is 0 Å². The fourth-order valence-corrected chi connectivity index (χ4v) is 2.66. The second-order valence-electron chi connectivity index (χ2n) is 4.76. The number of nitrogens with one attached hydrogen (secondary N) is 1. The van der Waals surface area contributed by atoms with Crippen molar-refractivity contribution >= 4 is 6.09 Å². The van der Waals surface area contributed by atoms with Gasteiger partial charge in [-0.2, -0.15) is 0 Å². The van der Waals surface area contributed by atoms with Gasteiger partial charge in [0.2, 0.25) is 0 Å². The highest BCUT2D eigenvalue weighted by atomic mass is 16.6. The van der Waals surface area contributed by atoms with Crippen molar-refractivity contribution in [2.45, 2.75) is 0 Å². The Bertz CT molecular complexity index is 395. The Balaban J connectivity index is 1.61. The number of fused-ring (bicyclic) bond motifs is 1. The van der Waals surface area contributed by atoms with Gasteiger partial charge in [-0.1, -0.05) is 18.2 Å². The van der Waals surface area contributed by atoms with Gasteiger partial charge in [-0.15, -0.1) is 0 Å². The summed E-state index contributed by atoms with van der Waals surface area (Å²) in [6.45, 7) is 3.70. The van der Waals surface area contributed by atoms with Gasteiger partial charge < -0.3 is 15.0 Å². The predicted octanol–water partition coefficient (Wildman–Crippen LogP) is 1.34. The number of ether oxygens (including phenoxy) is 1. The van der Waals surface area contributed by atoms with Gasteiger partial charge in [0, 0.05) is 26.2 Å². The molecule has 4 nitrogen and oxygen atoms in total. The van der Waals surface area contributed by atoms with E-state index in [1.54, 1.807) is 12.1 Å². The van der Waals surface area contributed by atoms with E-state index >= 15 is 0 Å². The highest BCUT2D eigenvalue weighted by Gasteiger charge is 2.38. The van der Waals surface area contributed by atoms with Crippen LogP contribution in [0.5, 0.6) is 5.75 Å². The van der Waals surface area contributed by atoms with Gasteiger partial charge in [0.1, 0.15) is 5.75 Å². The molecule has 2 saturated heterocycles. The Morgan fingerprint density at radius 3 is 2.47 bits per heavy atom. The maximum absolute atomic E-state index is 11.9. The first-order valence-electron chi connectivity index (χ1n) is 6.05. The van der Waals surface area contributed by atoms with Crippen molar-refractivity contribution < 1.29 is 9.53 Å². The van der Waals surface area contributed by atoms with Crippen LogP contribution in [0.1, 0.15) is 0 Å². The first kappa shape index (κ1) is 10.6. The molecule has 0 radical (unpaired) electrons. The molecule has 0 aromatic heterocycles. The third kappa shape index (κ3) is 2.13. The van der Waals surface area contributed by atoms with Crippen molar-refractivity contribution in [2.75, 3.05) is 26.2 Å². The Hall–Kier alpha value is -1.55. The molecule has 2 fully saturated rings. The highest BCUT2D eigenvalue weighted by Crippen LogP contribution is 2.26. The van der Waals surface area contributed by atoms with Crippen LogP contribution in [0.4, 0.5) is 4.79 Å². The number of para-hydroxylation sites is 1. The van der Waals surface area contributed by atoms with Crippen molar-refractivity contribution in [3.8, 4) is 5.75 Å². The van der Waals surface area contributed by atoms with Crippen molar-refractivity contribution in [1.82, 2.24) is 10.2 Å². The Morgan fingerprint density at radius 1 is 1.18 bits per heavy atom. The average Bonchev–Trinajstić information content (AvgIpc) is 2.90. The number of benzene rings is 1. The van der Waals surface area contributed by atoms with Gasteiger partial charge in [0.05, 0.1) is 0 Å². The molecular formula is C13H16N2O2. The number of carbonyl (C=O) groups excluding carboxylic acids is 1. The zero-order valence-electron chi connectivity index (χ0n) is 9.63. The number of rotatable bonds is 1. The number of likely N-dealkylation sites (tertiary alicyclic amines) is 1. The molecule has 2 atom stereocenters. The summed E-state index contributed by atoms with van der Waals surface area (Å²) < 4.78 is 5.33. The normalized spacial score (nSPS) is 26.9. The van der Waals surface area contributed by atoms with E-state index in [2.05, 4.69) is 5.32 Å². The quantitative estimate of drug-likeness (QED) is 0.794. The van der Waals surface area contributed by atoms with Crippen LogP contribution in [-0.2, 0) is 0 Å². The molecule has 2 aliphatic heterocycles. The van der Waals surface area contributed by atoms with Gasteiger partial charge >= 0.3 is 6.09 Å². The van der Waals surface area contributed by atoms with E-state index in [4.69, 9.17) is 4.74 Å². The van der Waals surface area contributed by atoms with E-state index < -0.39 is 0 Å². The summed E-state index contributed by atoms with van der Waals surface area (Å²) in [5.41, 5.74) is 0. The van der Waals surface area contributed by atoms with Gasteiger partial charge in [-0.05, 0) is 24.0 Å². The van der Waals surface area contributed by atoms with Crippen molar-refractivity contribution in [2.24, 2.45) is 11.8 Å². The van der Waals surface area contributed by atoms with Crippen LogP contribution < -0.4 is 10.1 Å². The monoisotopic (exact) mass is 232 g/mol. The second-order valence-corrected chi connectivity index (χ2v) is 4.76. The van der Waals surface area contributed by atoms with E-state index in [1.165, 1.54) is 0 Å². The molecule has 17 heavy (non-hydrogen) atoms. The van der Waals surface area contributed by atoms with Crippen LogP contribution in [0.15, 0.2) is 30.3 Å². The highest BCUT2D eigenvalue weighted by molar-refractivity contribution is 5.71. The van der Waals surface area contributed by atoms with Gasteiger partial charge in [0.15, 0.2) is 0 Å². The van der Waals surface area contributed by atoms with Gasteiger partial charge in [-0.3, -0.25) is 0 Å². The lowest BCUT2D eigenvalue weighted by Crippen LogP contribution is -2.34. The predicted molar refractivity (Wildman–Crippen MR) is 63.9 cm³/mol. The summed E-state index contributed by atoms with van der Waals surface area (Å²) in [4.78, 5) is 13.8. The van der Waals surface area contributed by atoms with E-state index in [0.29, 0.717) is 17.6 Å². The van der Waals surface area contributed by atoms with Crippen LogP contribution in [0, 0.1) is 11.8 Å². The fourth-order valence-electron chi connectivity index (χ4n) is 2.66. The summed E-state index contributed by atoms with van der Waals surface area (Å²) >= 11 is 0. The molecule has 1 amide bonds. The minimum Gasteiger partial charge on any atom is -0.410 e. The summed E-state index contributed by atoms with van der Waals surface area (Å²) in [6.07, 6.45) is -0.217. The summed E-state index contributed by atoms with van der Waals surface area (Å²) in [5, 5.41) is 3.35. The lowest BCUT2D eigenvalue weighted by Gasteiger charge is -2.16. The molecule has 3 rings (SSSR count). The van der Waals surface area contributed by atoms with Crippen LogP contribution in [-0.4, -0.2) is 37.2 Å². The second kappa shape index (κ2) is 4.37. The summed E-state index contributed by atoms with van der Waals surface area (Å²) in [5.74, 6) is 1.84. The smallest absolute Gasteiger partial charge is 0.410 e. The zero-order valence-corrected chi connectivity index (χ0v) is 9.63. The van der Waals surface area contributed by atoms with Gasteiger partial charge in [-0.25, -0.2) is 4.79 Å². The number of carbonyl (C=O) groups is 1. The van der Waals surface area contributed by atoms with Crippen molar-refractivity contribution in [1.29, 1.82) is 0 Å². The molecule has 0 aliphatic carbocycles. The van der Waals surface area contributed by atoms with Crippen molar-refractivity contribution in [3.63, 3.8) is 0 Å². The van der Waals surface area contributed by atoms with E-state index in [0.717, 1.165) is 26.2 Å². The molecule has 1 aromatic rings. The first-order chi connectivity index (χ1) is 8.33. The topological polar surface area (TPSA) is 41.6 Å². The zero-order chi connectivity index (χ0) is 11.7. The van der Waals surface area contributed by atoms with E-state index in [1.807, 2.05) is 23.1 Å². The van der Waals surface area contributed by atoms with Crippen LogP contribution in [0.25, 0.3) is 0 Å². The molecule has 90 valence electrons. The Labute approximate surface area is 101 Å². The van der Waals surface area contributed by atoms with Crippen molar-refractivity contribution in [3.05, 3.63) is 30.3 Å². The molecule has 2 aliphatic rings. The number of hydrogen-bond acceptors (Lipinski definition) is 3. The maximum atomic E-state index is 11.9. The third-order valence-corrected chi connectivity index (χ3v) is 3.60. The Morgan fingerprint density at radius 2 is 1.82 bits per heavy atom. The molecule has 2 heterocycles. The molecule has 4 heteroatoms. The number of nitrogens with zero attached hydrogens (tertiary/aromatic N) is 1. The lowest BCUT2D eigenvalue weighted by molar-refractivity contribution is 0.159. The summed E-state index contributed by atoms with van der Waals surface area (Å²) in [6, 6.07) is 9.24. The minimum absolute atomic E-state index is 0.217. The standard InChI is InChI=1S/C13H16N2O2/c16-13(17-12-4-2-1-3-5-12)15-8-10-6-14-7-11(10)9-15/h1-5,10-11,14H,6-9H2. The SMILES string of the molecule is O=C(Oc1ccccc1)N1CC2CNCC2C1. The molecule has 0 bridgehead atoms. The van der Waals surface area contributed by atoms with E-state index in [9.17, 15) is 4.79 Å². The lowest BCUT2D eigenvalue weighted by atomic mass is 10.0. The first-order valence-corrected chi connectivity index (χ1v) is 6.05. The fraction of sp³-hybridized carbons (Fsp3) is 0.462. The van der Waals surface area contributed by atoms with E-state index in [-0.39, 0.29) is 6.09 Å². The number of hydrogen-bond donors (Lipinski definition) is 1. The minimum atomic E-state index is -0.217. The largest absolute Gasteiger partial charge is 0.415 e. The number of amides is 1. The average molecular weight is 232 g/mol. The van der Waals surface area contributed by atoms with Crippen LogP contribution >= 0.6 is 0 Å². The molecule has 0 saturated carbocycles. The summed E-state index contributed by atoms with van der Waals surface area (Å²) in [7, 11) is 0. The molecular weight excluding hydrogens is 216 g/mol. The van der Waals surface area contributed by atoms with Gasteiger partial charge in [0.25, 0.3) is 0 Å². The molecule has 0 spiro atoms.